The molecule has 2 atom stereocenters. The zero-order valence-corrected chi connectivity index (χ0v) is 11.6. The fraction of sp³-hybridized carbons (Fsp3) is 0.462. The molecule has 0 amide bonds. The second kappa shape index (κ2) is 6.25. The molecule has 6 heteroatoms. The lowest BCUT2D eigenvalue weighted by atomic mass is 10.0. The highest BCUT2D eigenvalue weighted by atomic mass is 32.2. The number of methoxy groups -OCH3 is 2. The SMILES string of the molecule is COC(=O)C1CSCC(c2c(F)cccc2OC)N1. The maximum absolute atomic E-state index is 14.0. The number of halogens is 1. The van der Waals surface area contributed by atoms with Crippen LogP contribution in [0.15, 0.2) is 18.2 Å². The average Bonchev–Trinajstić information content (AvgIpc) is 2.46. The van der Waals surface area contributed by atoms with Crippen molar-refractivity contribution in [2.45, 2.75) is 12.1 Å². The Hall–Kier alpha value is -1.27. The summed E-state index contributed by atoms with van der Waals surface area (Å²) in [5, 5.41) is 3.12. The molecule has 104 valence electrons. The first kappa shape index (κ1) is 14.1. The Labute approximate surface area is 115 Å². The van der Waals surface area contributed by atoms with E-state index in [1.54, 1.807) is 23.9 Å². The first-order valence-electron chi connectivity index (χ1n) is 5.91. The average molecular weight is 285 g/mol. The van der Waals surface area contributed by atoms with Gasteiger partial charge >= 0.3 is 5.97 Å². The molecule has 1 aliphatic rings. The zero-order valence-electron chi connectivity index (χ0n) is 10.8. The molecule has 0 aromatic heterocycles. The highest BCUT2D eigenvalue weighted by Crippen LogP contribution is 2.32. The summed E-state index contributed by atoms with van der Waals surface area (Å²) in [6, 6.07) is 4.03. The van der Waals surface area contributed by atoms with Crippen LogP contribution < -0.4 is 10.1 Å². The van der Waals surface area contributed by atoms with E-state index < -0.39 is 6.04 Å². The van der Waals surface area contributed by atoms with Gasteiger partial charge in [-0.2, -0.15) is 11.8 Å². The Morgan fingerprint density at radius 1 is 1.42 bits per heavy atom. The third kappa shape index (κ3) is 3.01. The van der Waals surface area contributed by atoms with Crippen LogP contribution >= 0.6 is 11.8 Å². The van der Waals surface area contributed by atoms with Crippen molar-refractivity contribution in [1.29, 1.82) is 0 Å². The highest BCUT2D eigenvalue weighted by Gasteiger charge is 2.31. The molecule has 2 rings (SSSR count). The van der Waals surface area contributed by atoms with Gasteiger partial charge in [-0.1, -0.05) is 6.07 Å². The lowest BCUT2D eigenvalue weighted by Crippen LogP contribution is -2.46. The van der Waals surface area contributed by atoms with Crippen molar-refractivity contribution in [2.24, 2.45) is 0 Å². The van der Waals surface area contributed by atoms with Crippen molar-refractivity contribution in [3.63, 3.8) is 0 Å². The second-order valence-corrected chi connectivity index (χ2v) is 5.26. The molecule has 1 aliphatic heterocycles. The van der Waals surface area contributed by atoms with Crippen molar-refractivity contribution in [3.05, 3.63) is 29.6 Å². The summed E-state index contributed by atoms with van der Waals surface area (Å²) in [4.78, 5) is 11.6. The van der Waals surface area contributed by atoms with Crippen LogP contribution in [0.4, 0.5) is 4.39 Å². The largest absolute Gasteiger partial charge is 0.496 e. The van der Waals surface area contributed by atoms with Crippen molar-refractivity contribution < 1.29 is 18.7 Å². The molecule has 4 nitrogen and oxygen atoms in total. The molecule has 1 aromatic carbocycles. The second-order valence-electron chi connectivity index (χ2n) is 4.19. The van der Waals surface area contributed by atoms with E-state index in [9.17, 15) is 9.18 Å². The fourth-order valence-corrected chi connectivity index (χ4v) is 3.22. The first-order valence-corrected chi connectivity index (χ1v) is 7.07. The molecule has 1 aromatic rings. The van der Waals surface area contributed by atoms with E-state index in [0.29, 0.717) is 22.8 Å². The fourth-order valence-electron chi connectivity index (χ4n) is 2.12. The lowest BCUT2D eigenvalue weighted by Gasteiger charge is -2.30. The van der Waals surface area contributed by atoms with Gasteiger partial charge in [-0.15, -0.1) is 0 Å². The molecule has 1 heterocycles. The summed E-state index contributed by atoms with van der Waals surface area (Å²) in [5.41, 5.74) is 0.464. The minimum atomic E-state index is -0.418. The van der Waals surface area contributed by atoms with Crippen LogP contribution in [0.2, 0.25) is 0 Å². The third-order valence-electron chi connectivity index (χ3n) is 3.04. The van der Waals surface area contributed by atoms with Crippen LogP contribution in [0.5, 0.6) is 5.75 Å². The molecular weight excluding hydrogens is 269 g/mol. The van der Waals surface area contributed by atoms with Gasteiger partial charge in [-0.05, 0) is 12.1 Å². The Morgan fingerprint density at radius 2 is 2.21 bits per heavy atom. The van der Waals surface area contributed by atoms with Gasteiger partial charge in [0.25, 0.3) is 0 Å². The number of rotatable bonds is 3. The minimum Gasteiger partial charge on any atom is -0.496 e. The number of hydrogen-bond donors (Lipinski definition) is 1. The molecule has 0 aliphatic carbocycles. The smallest absolute Gasteiger partial charge is 0.323 e. The van der Waals surface area contributed by atoms with Crippen LogP contribution in [0.1, 0.15) is 11.6 Å². The van der Waals surface area contributed by atoms with Crippen molar-refractivity contribution in [1.82, 2.24) is 5.32 Å². The number of hydrogen-bond acceptors (Lipinski definition) is 5. The molecular formula is C13H16FNO3S. The van der Waals surface area contributed by atoms with Gasteiger partial charge in [0.05, 0.1) is 14.2 Å². The van der Waals surface area contributed by atoms with Gasteiger partial charge in [0, 0.05) is 23.1 Å². The van der Waals surface area contributed by atoms with Gasteiger partial charge in [-0.25, -0.2) is 4.39 Å². The van der Waals surface area contributed by atoms with Crippen LogP contribution in [-0.4, -0.2) is 37.7 Å². The predicted octanol–water partition coefficient (Wildman–Crippen LogP) is 1.75. The molecule has 1 saturated heterocycles. The van der Waals surface area contributed by atoms with Gasteiger partial charge in [0.15, 0.2) is 0 Å². The number of carbonyl (C=O) groups is 1. The number of esters is 1. The van der Waals surface area contributed by atoms with E-state index in [0.717, 1.165) is 0 Å². The Bertz CT molecular complexity index is 469. The van der Waals surface area contributed by atoms with Crippen LogP contribution in [0.3, 0.4) is 0 Å². The normalized spacial score (nSPS) is 22.9. The molecule has 0 spiro atoms. The Kier molecular flexibility index (Phi) is 4.66. The van der Waals surface area contributed by atoms with E-state index in [1.807, 2.05) is 0 Å². The zero-order chi connectivity index (χ0) is 13.8. The van der Waals surface area contributed by atoms with Crippen LogP contribution in [0.25, 0.3) is 0 Å². The van der Waals surface area contributed by atoms with E-state index in [-0.39, 0.29) is 17.8 Å². The van der Waals surface area contributed by atoms with Gasteiger partial charge in [0.2, 0.25) is 0 Å². The summed E-state index contributed by atoms with van der Waals surface area (Å²) in [7, 11) is 2.86. The molecule has 1 N–H and O–H groups in total. The van der Waals surface area contributed by atoms with Crippen LogP contribution in [-0.2, 0) is 9.53 Å². The number of thioether (sulfide) groups is 1. The number of ether oxygens (including phenoxy) is 2. The summed E-state index contributed by atoms with van der Waals surface area (Å²) < 4.78 is 23.9. The molecule has 2 unspecified atom stereocenters. The van der Waals surface area contributed by atoms with Crippen molar-refractivity contribution in [3.8, 4) is 5.75 Å². The number of carbonyl (C=O) groups excluding carboxylic acids is 1. The monoisotopic (exact) mass is 285 g/mol. The minimum absolute atomic E-state index is 0.265. The molecule has 0 bridgehead atoms. The standard InChI is InChI=1S/C13H16FNO3S/c1-17-11-5-3-4-8(14)12(11)9-6-19-7-10(15-9)13(16)18-2/h3-5,9-10,15H,6-7H2,1-2H3. The third-order valence-corrected chi connectivity index (χ3v) is 4.18. The van der Waals surface area contributed by atoms with Crippen molar-refractivity contribution in [2.75, 3.05) is 25.7 Å². The topological polar surface area (TPSA) is 47.6 Å². The summed E-state index contributed by atoms with van der Waals surface area (Å²) in [5.74, 6) is 1.14. The van der Waals surface area contributed by atoms with E-state index in [2.05, 4.69) is 5.32 Å². The first-order chi connectivity index (χ1) is 9.17. The van der Waals surface area contributed by atoms with E-state index in [4.69, 9.17) is 9.47 Å². The predicted molar refractivity (Wildman–Crippen MR) is 72.0 cm³/mol. The number of benzene rings is 1. The Morgan fingerprint density at radius 3 is 2.89 bits per heavy atom. The highest BCUT2D eigenvalue weighted by molar-refractivity contribution is 7.99. The molecule has 1 fully saturated rings. The van der Waals surface area contributed by atoms with Crippen molar-refractivity contribution >= 4 is 17.7 Å². The quantitative estimate of drug-likeness (QED) is 0.857. The van der Waals surface area contributed by atoms with E-state index >= 15 is 0 Å². The van der Waals surface area contributed by atoms with Gasteiger partial charge in [0.1, 0.15) is 17.6 Å². The molecule has 19 heavy (non-hydrogen) atoms. The summed E-state index contributed by atoms with van der Waals surface area (Å²) in [6.45, 7) is 0. The van der Waals surface area contributed by atoms with Gasteiger partial charge < -0.3 is 9.47 Å². The lowest BCUT2D eigenvalue weighted by molar-refractivity contribution is -0.142. The van der Waals surface area contributed by atoms with E-state index in [1.165, 1.54) is 20.3 Å². The summed E-state index contributed by atoms with van der Waals surface area (Å²) >= 11 is 1.59. The summed E-state index contributed by atoms with van der Waals surface area (Å²) in [6.07, 6.45) is 0. The molecule has 0 saturated carbocycles. The van der Waals surface area contributed by atoms with Gasteiger partial charge in [-0.3, -0.25) is 10.1 Å². The maximum Gasteiger partial charge on any atom is 0.323 e. The van der Waals surface area contributed by atoms with Crippen LogP contribution in [0, 0.1) is 5.82 Å². The maximum atomic E-state index is 14.0. The number of nitrogens with one attached hydrogen (secondary N) is 1. The Balaban J connectivity index is 2.24. The molecule has 0 radical (unpaired) electrons.